The Bertz CT molecular complexity index is 576. The normalized spacial score (nSPS) is 20.0. The van der Waals surface area contributed by atoms with Gasteiger partial charge in [-0.05, 0) is 24.6 Å². The molecule has 0 bridgehead atoms. The summed E-state index contributed by atoms with van der Waals surface area (Å²) in [7, 11) is 1.28. The SMILES string of the molecule is COC(=O)C1=NC(C)C(=O)Nc2ccccc2/C=C/1. The molecule has 19 heavy (non-hydrogen) atoms. The van der Waals surface area contributed by atoms with E-state index in [9.17, 15) is 9.59 Å². The number of carbonyl (C=O) groups excluding carboxylic acids is 2. The van der Waals surface area contributed by atoms with Crippen LogP contribution in [0.25, 0.3) is 6.08 Å². The molecule has 1 aliphatic heterocycles. The largest absolute Gasteiger partial charge is 0.464 e. The topological polar surface area (TPSA) is 67.8 Å². The number of methoxy groups -OCH3 is 1. The van der Waals surface area contributed by atoms with Gasteiger partial charge >= 0.3 is 5.97 Å². The summed E-state index contributed by atoms with van der Waals surface area (Å²) in [6.45, 7) is 1.63. The van der Waals surface area contributed by atoms with Crippen LogP contribution in [-0.4, -0.2) is 30.7 Å². The van der Waals surface area contributed by atoms with Crippen molar-refractivity contribution in [2.75, 3.05) is 12.4 Å². The molecule has 1 N–H and O–H groups in total. The minimum Gasteiger partial charge on any atom is -0.464 e. The van der Waals surface area contributed by atoms with Crippen molar-refractivity contribution in [3.63, 3.8) is 0 Å². The number of para-hydroxylation sites is 1. The van der Waals surface area contributed by atoms with Gasteiger partial charge in [0.25, 0.3) is 0 Å². The zero-order valence-electron chi connectivity index (χ0n) is 10.7. The molecule has 1 unspecified atom stereocenters. The van der Waals surface area contributed by atoms with Crippen LogP contribution in [0.15, 0.2) is 35.3 Å². The Balaban J connectivity index is 2.48. The van der Waals surface area contributed by atoms with Crippen LogP contribution in [0, 0.1) is 0 Å². The number of aliphatic imine (C=N–C) groups is 1. The number of esters is 1. The minimum absolute atomic E-state index is 0.127. The fraction of sp³-hybridized carbons (Fsp3) is 0.214. The number of anilines is 1. The fourth-order valence-corrected chi connectivity index (χ4v) is 1.70. The van der Waals surface area contributed by atoms with Crippen LogP contribution in [-0.2, 0) is 14.3 Å². The molecule has 0 saturated heterocycles. The number of rotatable bonds is 1. The number of fused-ring (bicyclic) bond motifs is 1. The van der Waals surface area contributed by atoms with Gasteiger partial charge in [0.15, 0.2) is 0 Å². The van der Waals surface area contributed by atoms with E-state index < -0.39 is 12.0 Å². The van der Waals surface area contributed by atoms with Crippen LogP contribution in [0.2, 0.25) is 0 Å². The lowest BCUT2D eigenvalue weighted by Crippen LogP contribution is -2.26. The zero-order valence-corrected chi connectivity index (χ0v) is 10.7. The van der Waals surface area contributed by atoms with Crippen LogP contribution in [0.1, 0.15) is 12.5 Å². The molecule has 0 aromatic heterocycles. The Morgan fingerprint density at radius 3 is 2.79 bits per heavy atom. The first-order valence-corrected chi connectivity index (χ1v) is 5.86. The van der Waals surface area contributed by atoms with Gasteiger partial charge in [-0.3, -0.25) is 9.79 Å². The Morgan fingerprint density at radius 1 is 1.32 bits per heavy atom. The van der Waals surface area contributed by atoms with Gasteiger partial charge in [0.05, 0.1) is 7.11 Å². The van der Waals surface area contributed by atoms with Crippen molar-refractivity contribution >= 4 is 29.4 Å². The molecule has 1 aromatic rings. The molecule has 0 radical (unpaired) electrons. The maximum Gasteiger partial charge on any atom is 0.356 e. The second-order valence-electron chi connectivity index (χ2n) is 4.09. The number of nitrogens with one attached hydrogen (secondary N) is 1. The van der Waals surface area contributed by atoms with Gasteiger partial charge in [0, 0.05) is 5.69 Å². The number of carbonyl (C=O) groups is 2. The molecule has 98 valence electrons. The second kappa shape index (κ2) is 5.48. The summed E-state index contributed by atoms with van der Waals surface area (Å²) in [5, 5.41) is 2.78. The lowest BCUT2D eigenvalue weighted by Gasteiger charge is -2.09. The van der Waals surface area contributed by atoms with Crippen molar-refractivity contribution < 1.29 is 14.3 Å². The first-order valence-electron chi connectivity index (χ1n) is 5.86. The predicted octanol–water partition coefficient (Wildman–Crippen LogP) is 1.65. The van der Waals surface area contributed by atoms with Gasteiger partial charge in [-0.25, -0.2) is 4.79 Å². The first-order chi connectivity index (χ1) is 9.11. The lowest BCUT2D eigenvalue weighted by molar-refractivity contribution is -0.132. The number of nitrogens with zero attached hydrogens (tertiary/aromatic N) is 1. The molecule has 1 atom stereocenters. The summed E-state index contributed by atoms with van der Waals surface area (Å²) in [4.78, 5) is 27.6. The van der Waals surface area contributed by atoms with Gasteiger partial charge in [0.1, 0.15) is 11.8 Å². The minimum atomic E-state index is -0.662. The van der Waals surface area contributed by atoms with Gasteiger partial charge < -0.3 is 10.1 Å². The quantitative estimate of drug-likeness (QED) is 0.779. The van der Waals surface area contributed by atoms with E-state index in [1.165, 1.54) is 7.11 Å². The molecule has 1 amide bonds. The number of hydrogen-bond acceptors (Lipinski definition) is 4. The third-order valence-electron chi connectivity index (χ3n) is 2.75. The van der Waals surface area contributed by atoms with Crippen molar-refractivity contribution in [1.29, 1.82) is 0 Å². The molecular formula is C14H14N2O3. The van der Waals surface area contributed by atoms with Crippen LogP contribution in [0.4, 0.5) is 5.69 Å². The highest BCUT2D eigenvalue weighted by molar-refractivity contribution is 6.42. The Kier molecular flexibility index (Phi) is 3.75. The average Bonchev–Trinajstić information content (AvgIpc) is 2.48. The summed E-state index contributed by atoms with van der Waals surface area (Å²) in [5.74, 6) is -0.826. The highest BCUT2D eigenvalue weighted by atomic mass is 16.5. The van der Waals surface area contributed by atoms with Gasteiger partial charge in [0.2, 0.25) is 5.91 Å². The second-order valence-corrected chi connectivity index (χ2v) is 4.09. The molecule has 5 nitrogen and oxygen atoms in total. The van der Waals surface area contributed by atoms with E-state index in [1.54, 1.807) is 25.1 Å². The monoisotopic (exact) mass is 258 g/mol. The summed E-state index contributed by atoms with van der Waals surface area (Å²) < 4.78 is 4.65. The standard InChI is InChI=1S/C14H14N2O3/c1-9-13(17)16-11-6-4-3-5-10(11)7-8-12(15-9)14(18)19-2/h3-9H,1-2H3,(H,16,17)/b8-7+,15-12?. The van der Waals surface area contributed by atoms with Gasteiger partial charge in [-0.15, -0.1) is 0 Å². The lowest BCUT2D eigenvalue weighted by atomic mass is 10.1. The van der Waals surface area contributed by atoms with E-state index in [1.807, 2.05) is 18.2 Å². The molecule has 0 saturated carbocycles. The van der Waals surface area contributed by atoms with Crippen LogP contribution >= 0.6 is 0 Å². The molecule has 5 heteroatoms. The summed E-state index contributed by atoms with van der Waals surface area (Å²) in [5.41, 5.74) is 1.63. The van der Waals surface area contributed by atoms with E-state index >= 15 is 0 Å². The van der Waals surface area contributed by atoms with Crippen molar-refractivity contribution in [3.8, 4) is 0 Å². The first kappa shape index (κ1) is 13.0. The predicted molar refractivity (Wildman–Crippen MR) is 73.0 cm³/mol. The Morgan fingerprint density at radius 2 is 2.05 bits per heavy atom. The maximum absolute atomic E-state index is 11.9. The smallest absolute Gasteiger partial charge is 0.356 e. The van der Waals surface area contributed by atoms with Crippen molar-refractivity contribution in [2.24, 2.45) is 4.99 Å². The molecular weight excluding hydrogens is 244 g/mol. The Labute approximate surface area is 111 Å². The zero-order chi connectivity index (χ0) is 13.8. The average molecular weight is 258 g/mol. The molecule has 1 aromatic carbocycles. The summed E-state index contributed by atoms with van der Waals surface area (Å²) in [6, 6.07) is 6.66. The third-order valence-corrected chi connectivity index (χ3v) is 2.75. The third kappa shape index (κ3) is 2.88. The van der Waals surface area contributed by atoms with Crippen molar-refractivity contribution in [1.82, 2.24) is 0 Å². The number of amides is 1. The number of ether oxygens (including phenoxy) is 1. The van der Waals surface area contributed by atoms with Crippen LogP contribution in [0.3, 0.4) is 0 Å². The number of benzene rings is 1. The molecule has 2 rings (SSSR count). The molecule has 0 spiro atoms. The van der Waals surface area contributed by atoms with Gasteiger partial charge in [-0.1, -0.05) is 24.3 Å². The van der Waals surface area contributed by atoms with E-state index in [-0.39, 0.29) is 11.6 Å². The molecule has 1 aliphatic rings. The number of hydrogen-bond donors (Lipinski definition) is 1. The Hall–Kier alpha value is -2.43. The molecule has 0 fully saturated rings. The highest BCUT2D eigenvalue weighted by Crippen LogP contribution is 2.18. The fourth-order valence-electron chi connectivity index (χ4n) is 1.70. The molecule has 0 aliphatic carbocycles. The summed E-state index contributed by atoms with van der Waals surface area (Å²) in [6.07, 6.45) is 3.28. The van der Waals surface area contributed by atoms with E-state index in [0.29, 0.717) is 5.69 Å². The highest BCUT2D eigenvalue weighted by Gasteiger charge is 2.18. The van der Waals surface area contributed by atoms with E-state index in [0.717, 1.165) is 5.56 Å². The van der Waals surface area contributed by atoms with Gasteiger partial charge in [-0.2, -0.15) is 0 Å². The van der Waals surface area contributed by atoms with Crippen LogP contribution < -0.4 is 5.32 Å². The van der Waals surface area contributed by atoms with Crippen LogP contribution in [0.5, 0.6) is 0 Å². The maximum atomic E-state index is 11.9. The molecule has 1 heterocycles. The van der Waals surface area contributed by atoms with E-state index in [2.05, 4.69) is 15.0 Å². The van der Waals surface area contributed by atoms with Crippen molar-refractivity contribution in [2.45, 2.75) is 13.0 Å². The van der Waals surface area contributed by atoms with E-state index in [4.69, 9.17) is 0 Å². The summed E-state index contributed by atoms with van der Waals surface area (Å²) >= 11 is 0. The van der Waals surface area contributed by atoms with Crippen molar-refractivity contribution in [3.05, 3.63) is 35.9 Å².